The van der Waals surface area contributed by atoms with Crippen molar-refractivity contribution < 1.29 is 14.3 Å². The van der Waals surface area contributed by atoms with Crippen LogP contribution in [-0.4, -0.2) is 38.1 Å². The van der Waals surface area contributed by atoms with Crippen LogP contribution in [0, 0.1) is 0 Å². The van der Waals surface area contributed by atoms with Crippen LogP contribution in [0.1, 0.15) is 19.3 Å². The first kappa shape index (κ1) is 18.3. The number of amides is 2. The zero-order valence-corrected chi connectivity index (χ0v) is 13.4. The number of nitrogens with one attached hydrogen (secondary N) is 3. The van der Waals surface area contributed by atoms with Gasteiger partial charge in [-0.1, -0.05) is 0 Å². The van der Waals surface area contributed by atoms with Gasteiger partial charge in [0, 0.05) is 25.2 Å². The Morgan fingerprint density at radius 2 is 2.00 bits per heavy atom. The molecule has 0 radical (unpaired) electrons. The third-order valence-electron chi connectivity index (χ3n) is 3.38. The van der Waals surface area contributed by atoms with Crippen molar-refractivity contribution in [1.82, 2.24) is 10.6 Å². The van der Waals surface area contributed by atoms with Gasteiger partial charge in [-0.05, 0) is 43.7 Å². The highest BCUT2D eigenvalue weighted by molar-refractivity contribution is 5.91. The summed E-state index contributed by atoms with van der Waals surface area (Å²) in [5.41, 5.74) is 0.727. The second kappa shape index (κ2) is 9.27. The maximum atomic E-state index is 11.9. The lowest BCUT2D eigenvalue weighted by Gasteiger charge is -2.11. The second-order valence-corrected chi connectivity index (χ2v) is 5.03. The predicted molar refractivity (Wildman–Crippen MR) is 87.5 cm³/mol. The number of carbonyl (C=O) groups excluding carboxylic acids is 2. The Bertz CT molecular complexity index is 487. The van der Waals surface area contributed by atoms with Crippen LogP contribution in [0.4, 0.5) is 5.69 Å². The van der Waals surface area contributed by atoms with Gasteiger partial charge in [0.1, 0.15) is 5.75 Å². The van der Waals surface area contributed by atoms with Crippen molar-refractivity contribution in [3.05, 3.63) is 24.3 Å². The maximum Gasteiger partial charge on any atom is 0.257 e. The monoisotopic (exact) mass is 327 g/mol. The molecule has 1 heterocycles. The molecule has 0 spiro atoms. The number of likely N-dealkylation sites (N-methyl/N-ethyl adjacent to an activating group) is 1. The van der Waals surface area contributed by atoms with Crippen LogP contribution in [0.3, 0.4) is 0 Å². The Labute approximate surface area is 136 Å². The summed E-state index contributed by atoms with van der Waals surface area (Å²) in [5, 5.41) is 8.63. The van der Waals surface area contributed by atoms with E-state index >= 15 is 0 Å². The molecule has 2 rings (SSSR count). The van der Waals surface area contributed by atoms with Crippen LogP contribution in [0.15, 0.2) is 24.3 Å². The summed E-state index contributed by atoms with van der Waals surface area (Å²) in [7, 11) is 1.56. The third-order valence-corrected chi connectivity index (χ3v) is 3.38. The topological polar surface area (TPSA) is 79.5 Å². The summed E-state index contributed by atoms with van der Waals surface area (Å²) in [6, 6.07) is 7.28. The average Bonchev–Trinajstić information content (AvgIpc) is 2.99. The Morgan fingerprint density at radius 1 is 1.27 bits per heavy atom. The molecule has 1 aliphatic rings. The number of rotatable bonds is 6. The van der Waals surface area contributed by atoms with E-state index in [0.717, 1.165) is 25.1 Å². The van der Waals surface area contributed by atoms with E-state index in [9.17, 15) is 9.59 Å². The summed E-state index contributed by atoms with van der Waals surface area (Å²) in [6.07, 6.45) is 2.68. The molecule has 0 bridgehead atoms. The molecule has 7 heteroatoms. The summed E-state index contributed by atoms with van der Waals surface area (Å²) < 4.78 is 5.29. The number of benzene rings is 1. The van der Waals surface area contributed by atoms with E-state index in [4.69, 9.17) is 4.74 Å². The highest BCUT2D eigenvalue weighted by Crippen LogP contribution is 2.16. The van der Waals surface area contributed by atoms with Crippen LogP contribution in [0.5, 0.6) is 5.75 Å². The SMILES string of the molecule is CNC(=O)COc1ccc(NC(=O)CC2CCCN2)cc1.Cl. The Kier molecular flexibility index (Phi) is 7.70. The first-order chi connectivity index (χ1) is 10.2. The van der Waals surface area contributed by atoms with Crippen LogP contribution in [-0.2, 0) is 9.59 Å². The molecule has 1 aliphatic heterocycles. The largest absolute Gasteiger partial charge is 0.484 e. The highest BCUT2D eigenvalue weighted by atomic mass is 35.5. The molecule has 1 fully saturated rings. The van der Waals surface area contributed by atoms with E-state index in [0.29, 0.717) is 18.2 Å². The van der Waals surface area contributed by atoms with Crippen molar-refractivity contribution in [2.45, 2.75) is 25.3 Å². The molecule has 0 aliphatic carbocycles. The van der Waals surface area contributed by atoms with Crippen molar-refractivity contribution in [3.63, 3.8) is 0 Å². The third kappa shape index (κ3) is 5.91. The standard InChI is InChI=1S/C15H21N3O3.ClH/c1-16-15(20)10-21-13-6-4-11(5-7-13)18-14(19)9-12-3-2-8-17-12;/h4-7,12,17H,2-3,8-10H2,1H3,(H,16,20)(H,18,19);1H. The Hall–Kier alpha value is -1.79. The van der Waals surface area contributed by atoms with Gasteiger partial charge in [-0.25, -0.2) is 0 Å². The number of anilines is 1. The quantitative estimate of drug-likeness (QED) is 0.736. The van der Waals surface area contributed by atoms with Crippen LogP contribution >= 0.6 is 12.4 Å². The molecule has 1 unspecified atom stereocenters. The van der Waals surface area contributed by atoms with Crippen molar-refractivity contribution in [1.29, 1.82) is 0 Å². The molecule has 2 amide bonds. The summed E-state index contributed by atoms with van der Waals surface area (Å²) in [5.74, 6) is 0.416. The summed E-state index contributed by atoms with van der Waals surface area (Å²) >= 11 is 0. The molecule has 1 aromatic rings. The van der Waals surface area contributed by atoms with Gasteiger partial charge in [-0.2, -0.15) is 0 Å². The van der Waals surface area contributed by atoms with Gasteiger partial charge >= 0.3 is 0 Å². The minimum Gasteiger partial charge on any atom is -0.484 e. The normalized spacial score (nSPS) is 16.5. The van der Waals surface area contributed by atoms with Crippen LogP contribution in [0.25, 0.3) is 0 Å². The number of carbonyl (C=O) groups is 2. The lowest BCUT2D eigenvalue weighted by Crippen LogP contribution is -2.27. The van der Waals surface area contributed by atoms with Crippen LogP contribution in [0.2, 0.25) is 0 Å². The van der Waals surface area contributed by atoms with Crippen molar-refractivity contribution in [2.75, 3.05) is 25.5 Å². The number of ether oxygens (including phenoxy) is 1. The number of hydrogen-bond donors (Lipinski definition) is 3. The van der Waals surface area contributed by atoms with E-state index in [-0.39, 0.29) is 30.8 Å². The maximum absolute atomic E-state index is 11.9. The van der Waals surface area contributed by atoms with Gasteiger partial charge in [-0.3, -0.25) is 9.59 Å². The van der Waals surface area contributed by atoms with E-state index in [1.807, 2.05) is 0 Å². The molecular formula is C15H22ClN3O3. The second-order valence-electron chi connectivity index (χ2n) is 5.03. The first-order valence-electron chi connectivity index (χ1n) is 7.14. The number of hydrogen-bond acceptors (Lipinski definition) is 4. The minimum absolute atomic E-state index is 0. The molecule has 1 atom stereocenters. The minimum atomic E-state index is -0.184. The lowest BCUT2D eigenvalue weighted by atomic mass is 10.1. The molecular weight excluding hydrogens is 306 g/mol. The zero-order chi connectivity index (χ0) is 15.1. The molecule has 22 heavy (non-hydrogen) atoms. The van der Waals surface area contributed by atoms with Crippen LogP contribution < -0.4 is 20.7 Å². The van der Waals surface area contributed by atoms with E-state index in [1.54, 1.807) is 31.3 Å². The summed E-state index contributed by atoms with van der Waals surface area (Å²) in [6.45, 7) is 0.977. The molecule has 6 nitrogen and oxygen atoms in total. The van der Waals surface area contributed by atoms with Gasteiger partial charge in [0.05, 0.1) is 0 Å². The molecule has 0 saturated carbocycles. The van der Waals surface area contributed by atoms with E-state index in [2.05, 4.69) is 16.0 Å². The van der Waals surface area contributed by atoms with Crippen molar-refractivity contribution in [3.8, 4) is 5.75 Å². The smallest absolute Gasteiger partial charge is 0.257 e. The van der Waals surface area contributed by atoms with Gasteiger partial charge in [0.15, 0.2) is 6.61 Å². The molecule has 122 valence electrons. The molecule has 3 N–H and O–H groups in total. The summed E-state index contributed by atoms with van der Waals surface area (Å²) in [4.78, 5) is 22.9. The molecule has 0 aromatic heterocycles. The van der Waals surface area contributed by atoms with Gasteiger partial charge in [0.2, 0.25) is 5.91 Å². The lowest BCUT2D eigenvalue weighted by molar-refractivity contribution is -0.122. The highest BCUT2D eigenvalue weighted by Gasteiger charge is 2.17. The van der Waals surface area contributed by atoms with Gasteiger partial charge in [-0.15, -0.1) is 12.4 Å². The Balaban J connectivity index is 0.00000242. The number of halogens is 1. The zero-order valence-electron chi connectivity index (χ0n) is 12.6. The fourth-order valence-corrected chi connectivity index (χ4v) is 2.22. The van der Waals surface area contributed by atoms with E-state index < -0.39 is 0 Å². The fourth-order valence-electron chi connectivity index (χ4n) is 2.22. The molecule has 1 aromatic carbocycles. The average molecular weight is 328 g/mol. The fraction of sp³-hybridized carbons (Fsp3) is 0.467. The van der Waals surface area contributed by atoms with E-state index in [1.165, 1.54) is 0 Å². The van der Waals surface area contributed by atoms with Gasteiger partial charge < -0.3 is 20.7 Å². The predicted octanol–water partition coefficient (Wildman–Crippen LogP) is 1.31. The van der Waals surface area contributed by atoms with Gasteiger partial charge in [0.25, 0.3) is 5.91 Å². The molecule has 1 saturated heterocycles. The Morgan fingerprint density at radius 3 is 2.59 bits per heavy atom. The van der Waals surface area contributed by atoms with Crippen molar-refractivity contribution >= 4 is 29.9 Å². The van der Waals surface area contributed by atoms with Crippen molar-refractivity contribution in [2.24, 2.45) is 0 Å². The first-order valence-corrected chi connectivity index (χ1v) is 7.14.